The van der Waals surface area contributed by atoms with Crippen molar-refractivity contribution < 1.29 is 9.84 Å². The molecule has 0 heterocycles. The lowest BCUT2D eigenvalue weighted by molar-refractivity contribution is 0.174. The molecule has 0 unspecified atom stereocenters. The van der Waals surface area contributed by atoms with Gasteiger partial charge in [-0.1, -0.05) is 30.3 Å². The Hall–Kier alpha value is -0.900. The summed E-state index contributed by atoms with van der Waals surface area (Å²) in [5.74, 6) is 0. The number of rotatable bonds is 4. The SMILES string of the molecule is CO.COCNCc1ccccc1. The van der Waals surface area contributed by atoms with E-state index in [-0.39, 0.29) is 0 Å². The Kier molecular flexibility index (Phi) is 8.55. The topological polar surface area (TPSA) is 41.5 Å². The molecule has 0 aliphatic rings. The van der Waals surface area contributed by atoms with Gasteiger partial charge in [-0.3, -0.25) is 5.32 Å². The highest BCUT2D eigenvalue weighted by Gasteiger charge is 1.87. The van der Waals surface area contributed by atoms with Crippen LogP contribution in [-0.4, -0.2) is 26.1 Å². The van der Waals surface area contributed by atoms with Crippen molar-refractivity contribution in [1.29, 1.82) is 0 Å². The highest BCUT2D eigenvalue weighted by atomic mass is 16.5. The van der Waals surface area contributed by atoms with Crippen LogP contribution in [0.15, 0.2) is 30.3 Å². The van der Waals surface area contributed by atoms with E-state index in [9.17, 15) is 0 Å². The maximum Gasteiger partial charge on any atom is 0.0964 e. The van der Waals surface area contributed by atoms with Crippen molar-refractivity contribution in [3.8, 4) is 0 Å². The minimum atomic E-state index is 0.606. The highest BCUT2D eigenvalue weighted by molar-refractivity contribution is 5.13. The zero-order valence-corrected chi connectivity index (χ0v) is 8.16. The van der Waals surface area contributed by atoms with Gasteiger partial charge < -0.3 is 9.84 Å². The first-order valence-electron chi connectivity index (χ1n) is 4.12. The van der Waals surface area contributed by atoms with Crippen molar-refractivity contribution >= 4 is 0 Å². The molecule has 13 heavy (non-hydrogen) atoms. The van der Waals surface area contributed by atoms with Crippen molar-refractivity contribution in [1.82, 2.24) is 5.32 Å². The third-order valence-electron chi connectivity index (χ3n) is 1.42. The molecule has 0 saturated heterocycles. The Labute approximate surface area is 79.4 Å². The number of aliphatic hydroxyl groups is 1. The Bertz CT molecular complexity index is 189. The van der Waals surface area contributed by atoms with E-state index in [4.69, 9.17) is 9.84 Å². The van der Waals surface area contributed by atoms with Crippen molar-refractivity contribution in [2.24, 2.45) is 0 Å². The molecule has 1 aromatic carbocycles. The molecule has 1 rings (SSSR count). The number of ether oxygens (including phenoxy) is 1. The van der Waals surface area contributed by atoms with E-state index in [2.05, 4.69) is 17.4 Å². The molecule has 74 valence electrons. The molecule has 2 N–H and O–H groups in total. The summed E-state index contributed by atoms with van der Waals surface area (Å²) < 4.78 is 4.85. The van der Waals surface area contributed by atoms with E-state index in [1.165, 1.54) is 5.56 Å². The second kappa shape index (κ2) is 9.19. The van der Waals surface area contributed by atoms with Gasteiger partial charge in [0.25, 0.3) is 0 Å². The van der Waals surface area contributed by atoms with Crippen LogP contribution in [0.5, 0.6) is 0 Å². The first kappa shape index (κ1) is 12.1. The third kappa shape index (κ3) is 6.28. The molecule has 3 heteroatoms. The van der Waals surface area contributed by atoms with Crippen LogP contribution in [0.2, 0.25) is 0 Å². The first-order valence-corrected chi connectivity index (χ1v) is 4.12. The van der Waals surface area contributed by atoms with E-state index in [0.29, 0.717) is 6.73 Å². The van der Waals surface area contributed by atoms with E-state index in [1.54, 1.807) is 7.11 Å². The van der Waals surface area contributed by atoms with Gasteiger partial charge in [0.1, 0.15) is 0 Å². The van der Waals surface area contributed by atoms with Crippen LogP contribution in [0.1, 0.15) is 5.56 Å². The monoisotopic (exact) mass is 183 g/mol. The minimum Gasteiger partial charge on any atom is -0.400 e. The summed E-state index contributed by atoms with van der Waals surface area (Å²) >= 11 is 0. The summed E-state index contributed by atoms with van der Waals surface area (Å²) in [6.07, 6.45) is 0. The molecular weight excluding hydrogens is 166 g/mol. The molecule has 0 aliphatic carbocycles. The van der Waals surface area contributed by atoms with Gasteiger partial charge in [0, 0.05) is 20.8 Å². The second-order valence-electron chi connectivity index (χ2n) is 2.35. The van der Waals surface area contributed by atoms with Crippen LogP contribution < -0.4 is 5.32 Å². The molecule has 0 spiro atoms. The molecule has 0 aliphatic heterocycles. The lowest BCUT2D eigenvalue weighted by atomic mass is 10.2. The number of benzene rings is 1. The molecule has 0 radical (unpaired) electrons. The maximum atomic E-state index is 7.00. The van der Waals surface area contributed by atoms with Gasteiger partial charge in [0.2, 0.25) is 0 Å². The number of hydrogen-bond acceptors (Lipinski definition) is 3. The number of nitrogens with one attached hydrogen (secondary N) is 1. The average Bonchev–Trinajstić information content (AvgIpc) is 2.23. The van der Waals surface area contributed by atoms with E-state index in [1.807, 2.05) is 18.2 Å². The van der Waals surface area contributed by atoms with E-state index < -0.39 is 0 Å². The van der Waals surface area contributed by atoms with Crippen LogP contribution >= 0.6 is 0 Å². The van der Waals surface area contributed by atoms with Crippen LogP contribution in [0.4, 0.5) is 0 Å². The van der Waals surface area contributed by atoms with Gasteiger partial charge in [-0.25, -0.2) is 0 Å². The summed E-state index contributed by atoms with van der Waals surface area (Å²) in [5, 5.41) is 10.1. The lowest BCUT2D eigenvalue weighted by Crippen LogP contribution is -2.15. The van der Waals surface area contributed by atoms with Gasteiger partial charge in [0.05, 0.1) is 6.73 Å². The lowest BCUT2D eigenvalue weighted by Gasteiger charge is -2.01. The Morgan fingerprint density at radius 2 is 1.85 bits per heavy atom. The van der Waals surface area contributed by atoms with Gasteiger partial charge in [-0.15, -0.1) is 0 Å². The predicted octanol–water partition coefficient (Wildman–Crippen LogP) is 0.989. The zero-order valence-electron chi connectivity index (χ0n) is 8.16. The summed E-state index contributed by atoms with van der Waals surface area (Å²) in [6.45, 7) is 1.48. The van der Waals surface area contributed by atoms with Crippen molar-refractivity contribution in [2.45, 2.75) is 6.54 Å². The fourth-order valence-corrected chi connectivity index (χ4v) is 0.893. The molecule has 0 saturated carbocycles. The van der Waals surface area contributed by atoms with Crippen molar-refractivity contribution in [3.63, 3.8) is 0 Å². The van der Waals surface area contributed by atoms with Gasteiger partial charge in [0.15, 0.2) is 0 Å². The van der Waals surface area contributed by atoms with Crippen molar-refractivity contribution in [3.05, 3.63) is 35.9 Å². The summed E-state index contributed by atoms with van der Waals surface area (Å²) in [6, 6.07) is 10.2. The molecular formula is C10H17NO2. The van der Waals surface area contributed by atoms with Crippen LogP contribution in [0.25, 0.3) is 0 Å². The molecule has 0 amide bonds. The fraction of sp³-hybridized carbons (Fsp3) is 0.400. The number of hydrogen-bond donors (Lipinski definition) is 2. The highest BCUT2D eigenvalue weighted by Crippen LogP contribution is 1.96. The van der Waals surface area contributed by atoms with Gasteiger partial charge in [-0.2, -0.15) is 0 Å². The van der Waals surface area contributed by atoms with Gasteiger partial charge >= 0.3 is 0 Å². The van der Waals surface area contributed by atoms with Crippen LogP contribution in [-0.2, 0) is 11.3 Å². The molecule has 1 aromatic rings. The third-order valence-corrected chi connectivity index (χ3v) is 1.42. The molecule has 0 atom stereocenters. The standard InChI is InChI=1S/C9H13NO.CH4O/c1-11-8-10-7-9-5-3-2-4-6-9;1-2/h2-6,10H,7-8H2,1H3;2H,1H3. The maximum absolute atomic E-state index is 7.00. The summed E-state index contributed by atoms with van der Waals surface area (Å²) in [7, 11) is 2.68. The molecule has 3 nitrogen and oxygen atoms in total. The smallest absolute Gasteiger partial charge is 0.0964 e. The average molecular weight is 183 g/mol. The second-order valence-corrected chi connectivity index (χ2v) is 2.35. The normalized spacial score (nSPS) is 8.85. The largest absolute Gasteiger partial charge is 0.400 e. The molecule has 0 bridgehead atoms. The minimum absolute atomic E-state index is 0.606. The zero-order chi connectivity index (χ0) is 9.94. The van der Waals surface area contributed by atoms with Gasteiger partial charge in [-0.05, 0) is 5.56 Å². The van der Waals surface area contributed by atoms with Crippen LogP contribution in [0, 0.1) is 0 Å². The molecule has 0 fully saturated rings. The predicted molar refractivity (Wildman–Crippen MR) is 53.3 cm³/mol. The first-order chi connectivity index (χ1) is 6.43. The summed E-state index contributed by atoms with van der Waals surface area (Å²) in [5.41, 5.74) is 1.28. The number of methoxy groups -OCH3 is 1. The fourth-order valence-electron chi connectivity index (χ4n) is 0.893. The summed E-state index contributed by atoms with van der Waals surface area (Å²) in [4.78, 5) is 0. The van der Waals surface area contributed by atoms with Crippen LogP contribution in [0.3, 0.4) is 0 Å². The van der Waals surface area contributed by atoms with E-state index in [0.717, 1.165) is 13.7 Å². The molecule has 0 aromatic heterocycles. The Balaban J connectivity index is 0.000000671. The Morgan fingerprint density at radius 3 is 2.38 bits per heavy atom. The Morgan fingerprint density at radius 1 is 1.23 bits per heavy atom. The number of aliphatic hydroxyl groups excluding tert-OH is 1. The van der Waals surface area contributed by atoms with E-state index >= 15 is 0 Å². The van der Waals surface area contributed by atoms with Crippen molar-refractivity contribution in [2.75, 3.05) is 21.0 Å². The quantitative estimate of drug-likeness (QED) is 0.540.